The van der Waals surface area contributed by atoms with Crippen LogP contribution in [0.2, 0.25) is 0 Å². The summed E-state index contributed by atoms with van der Waals surface area (Å²) in [7, 11) is 0. The molecule has 1 heterocycles. The summed E-state index contributed by atoms with van der Waals surface area (Å²) in [6.45, 7) is 8.19. The van der Waals surface area contributed by atoms with Crippen molar-refractivity contribution in [2.24, 2.45) is 5.41 Å². The van der Waals surface area contributed by atoms with Gasteiger partial charge in [-0.3, -0.25) is 19.2 Å². The Labute approximate surface area is 182 Å². The number of hydrogen-bond acceptors (Lipinski definition) is 8. The van der Waals surface area contributed by atoms with Crippen molar-refractivity contribution in [3.8, 4) is 6.07 Å². The third kappa shape index (κ3) is 7.28. The monoisotopic (exact) mass is 430 g/mol. The van der Waals surface area contributed by atoms with Crippen molar-refractivity contribution in [1.29, 1.82) is 5.26 Å². The van der Waals surface area contributed by atoms with Gasteiger partial charge in [-0.2, -0.15) is 5.26 Å². The van der Waals surface area contributed by atoms with Crippen LogP contribution in [0.1, 0.15) is 82.8 Å². The van der Waals surface area contributed by atoms with Gasteiger partial charge in [-0.05, 0) is 59.6 Å². The van der Waals surface area contributed by atoms with Crippen molar-refractivity contribution in [1.82, 2.24) is 4.98 Å². The molecule has 0 spiro atoms. The average Bonchev–Trinajstić information content (AvgIpc) is 2.69. The van der Waals surface area contributed by atoms with Crippen molar-refractivity contribution >= 4 is 23.5 Å². The van der Waals surface area contributed by atoms with Gasteiger partial charge >= 0.3 is 11.9 Å². The molecule has 0 bridgehead atoms. The van der Waals surface area contributed by atoms with Gasteiger partial charge in [-0.25, -0.2) is 4.98 Å². The van der Waals surface area contributed by atoms with Crippen molar-refractivity contribution in [2.75, 3.05) is 6.61 Å². The van der Waals surface area contributed by atoms with E-state index in [2.05, 4.69) is 4.98 Å². The summed E-state index contributed by atoms with van der Waals surface area (Å²) in [5, 5.41) is 8.91. The first-order chi connectivity index (χ1) is 14.5. The van der Waals surface area contributed by atoms with E-state index in [-0.39, 0.29) is 30.1 Å². The molecule has 0 aliphatic heterocycles. The topological polar surface area (TPSA) is 123 Å². The van der Waals surface area contributed by atoms with E-state index in [9.17, 15) is 19.2 Å². The van der Waals surface area contributed by atoms with Crippen LogP contribution in [-0.2, 0) is 23.9 Å². The first-order valence-electron chi connectivity index (χ1n) is 10.3. The van der Waals surface area contributed by atoms with Gasteiger partial charge in [0.1, 0.15) is 17.4 Å². The number of Topliss-reactive ketones (excluding diaryl/α,β-unsaturated/α-hetero) is 2. The van der Waals surface area contributed by atoms with E-state index in [4.69, 9.17) is 14.7 Å². The highest BCUT2D eigenvalue weighted by molar-refractivity contribution is 6.26. The summed E-state index contributed by atoms with van der Waals surface area (Å²) in [6, 6.07) is 4.58. The van der Waals surface area contributed by atoms with E-state index in [0.29, 0.717) is 25.9 Å². The molecule has 0 N–H and O–H groups in total. The first-order valence-corrected chi connectivity index (χ1v) is 10.3. The SMILES string of the molecule is CCOC(=O)CCCCCC(C(C)=O)(C(=O)OC(C)(C)C)C(=O)c1ccc(C#N)nc1. The Bertz CT molecular complexity index is 848. The standard InChI is InChI=1S/C23H30N2O6/c1-6-30-19(27)10-8-7-9-13-23(16(2)26,21(29)31-22(3,4)5)20(28)17-11-12-18(14-24)25-15-17/h11-12,15H,6-10,13H2,1-5H3. The van der Waals surface area contributed by atoms with Crippen LogP contribution in [0.25, 0.3) is 0 Å². The van der Waals surface area contributed by atoms with E-state index in [0.717, 1.165) is 0 Å². The smallest absolute Gasteiger partial charge is 0.328 e. The summed E-state index contributed by atoms with van der Waals surface area (Å²) in [5.41, 5.74) is -2.76. The van der Waals surface area contributed by atoms with Crippen LogP contribution in [0.15, 0.2) is 18.3 Å². The van der Waals surface area contributed by atoms with E-state index >= 15 is 0 Å². The summed E-state index contributed by atoms with van der Waals surface area (Å²) < 4.78 is 10.3. The second kappa shape index (κ2) is 11.3. The Hall–Kier alpha value is -3.08. The molecule has 1 aromatic rings. The molecular weight excluding hydrogens is 400 g/mol. The zero-order valence-electron chi connectivity index (χ0n) is 18.8. The number of nitriles is 1. The molecule has 0 amide bonds. The van der Waals surface area contributed by atoms with Crippen LogP contribution in [-0.4, -0.2) is 40.7 Å². The molecule has 168 valence electrons. The number of nitrogens with zero attached hydrogens (tertiary/aromatic N) is 2. The molecule has 8 heteroatoms. The molecule has 0 aromatic carbocycles. The van der Waals surface area contributed by atoms with Crippen molar-refractivity contribution < 1.29 is 28.7 Å². The number of pyridine rings is 1. The van der Waals surface area contributed by atoms with Crippen LogP contribution in [0, 0.1) is 16.7 Å². The van der Waals surface area contributed by atoms with Crippen molar-refractivity contribution in [2.45, 2.75) is 72.3 Å². The fourth-order valence-corrected chi connectivity index (χ4v) is 3.06. The molecule has 1 unspecified atom stereocenters. The maximum atomic E-state index is 13.4. The Morgan fingerprint density at radius 3 is 2.26 bits per heavy atom. The van der Waals surface area contributed by atoms with E-state index in [1.54, 1.807) is 27.7 Å². The predicted octanol–water partition coefficient (Wildman–Crippen LogP) is 3.57. The lowest BCUT2D eigenvalue weighted by molar-refractivity contribution is -0.167. The van der Waals surface area contributed by atoms with Crippen LogP contribution < -0.4 is 0 Å². The fourth-order valence-electron chi connectivity index (χ4n) is 3.06. The molecule has 1 rings (SSSR count). The van der Waals surface area contributed by atoms with Gasteiger partial charge in [-0.1, -0.05) is 12.8 Å². The molecule has 8 nitrogen and oxygen atoms in total. The zero-order chi connectivity index (χ0) is 23.7. The maximum absolute atomic E-state index is 13.4. The second-order valence-corrected chi connectivity index (χ2v) is 8.20. The number of ketones is 2. The van der Waals surface area contributed by atoms with E-state index in [1.165, 1.54) is 25.3 Å². The Kier molecular flexibility index (Phi) is 9.50. The Balaban J connectivity index is 3.15. The van der Waals surface area contributed by atoms with Gasteiger partial charge in [0.2, 0.25) is 0 Å². The van der Waals surface area contributed by atoms with Crippen molar-refractivity contribution in [3.05, 3.63) is 29.6 Å². The average molecular weight is 431 g/mol. The fraction of sp³-hybridized carbons (Fsp3) is 0.565. The van der Waals surface area contributed by atoms with E-state index in [1.807, 2.05) is 6.07 Å². The number of unbranched alkanes of at least 4 members (excludes halogenated alkanes) is 2. The molecule has 0 aliphatic rings. The summed E-state index contributed by atoms with van der Waals surface area (Å²) in [6.07, 6.45) is 2.74. The number of aromatic nitrogens is 1. The molecule has 31 heavy (non-hydrogen) atoms. The lowest BCUT2D eigenvalue weighted by Gasteiger charge is -2.31. The van der Waals surface area contributed by atoms with Crippen molar-refractivity contribution in [3.63, 3.8) is 0 Å². The number of carbonyl (C=O) groups excluding carboxylic acids is 4. The number of hydrogen-bond donors (Lipinski definition) is 0. The highest BCUT2D eigenvalue weighted by atomic mass is 16.6. The third-order valence-corrected chi connectivity index (χ3v) is 4.61. The van der Waals surface area contributed by atoms with Crippen LogP contribution in [0.5, 0.6) is 0 Å². The summed E-state index contributed by atoms with van der Waals surface area (Å²) in [4.78, 5) is 54.6. The van der Waals surface area contributed by atoms with Gasteiger partial charge in [0.25, 0.3) is 0 Å². The van der Waals surface area contributed by atoms with Gasteiger partial charge in [-0.15, -0.1) is 0 Å². The molecule has 0 saturated heterocycles. The lowest BCUT2D eigenvalue weighted by atomic mass is 9.73. The zero-order valence-corrected chi connectivity index (χ0v) is 18.8. The number of esters is 2. The van der Waals surface area contributed by atoms with Crippen LogP contribution in [0.4, 0.5) is 0 Å². The number of carbonyl (C=O) groups is 4. The minimum absolute atomic E-state index is 0.0478. The summed E-state index contributed by atoms with van der Waals surface area (Å²) in [5.74, 6) is -2.56. The number of ether oxygens (including phenoxy) is 2. The Morgan fingerprint density at radius 1 is 1.10 bits per heavy atom. The minimum atomic E-state index is -2.02. The molecule has 1 atom stereocenters. The highest BCUT2D eigenvalue weighted by Crippen LogP contribution is 2.34. The highest BCUT2D eigenvalue weighted by Gasteiger charge is 2.52. The van der Waals surface area contributed by atoms with Gasteiger partial charge in [0.15, 0.2) is 17.0 Å². The molecule has 0 saturated carbocycles. The van der Waals surface area contributed by atoms with Crippen LogP contribution in [0.3, 0.4) is 0 Å². The molecule has 1 aromatic heterocycles. The summed E-state index contributed by atoms with van der Waals surface area (Å²) >= 11 is 0. The molecule has 0 aliphatic carbocycles. The quantitative estimate of drug-likeness (QED) is 0.226. The van der Waals surface area contributed by atoms with Gasteiger partial charge in [0.05, 0.1) is 6.61 Å². The third-order valence-electron chi connectivity index (χ3n) is 4.61. The number of rotatable bonds is 11. The first kappa shape index (κ1) is 26.0. The maximum Gasteiger partial charge on any atom is 0.328 e. The molecule has 0 fully saturated rings. The normalized spacial score (nSPS) is 12.9. The molecule has 0 radical (unpaired) electrons. The van der Waals surface area contributed by atoms with Crippen LogP contribution >= 0.6 is 0 Å². The molecular formula is C23H30N2O6. The second-order valence-electron chi connectivity index (χ2n) is 8.20. The Morgan fingerprint density at radius 2 is 1.77 bits per heavy atom. The lowest BCUT2D eigenvalue weighted by Crippen LogP contribution is -2.48. The predicted molar refractivity (Wildman–Crippen MR) is 112 cm³/mol. The van der Waals surface area contributed by atoms with E-state index < -0.39 is 28.6 Å². The largest absolute Gasteiger partial charge is 0.466 e. The van der Waals surface area contributed by atoms with Gasteiger partial charge in [0, 0.05) is 18.2 Å². The minimum Gasteiger partial charge on any atom is -0.466 e. The van der Waals surface area contributed by atoms with Gasteiger partial charge < -0.3 is 9.47 Å².